The Bertz CT molecular complexity index is 827. The smallest absolute Gasteiger partial charge is 0.225 e. The Kier molecular flexibility index (Phi) is 7.24. The zero-order chi connectivity index (χ0) is 20.8. The van der Waals surface area contributed by atoms with Gasteiger partial charge in [0.15, 0.2) is 5.82 Å². The molecule has 1 fully saturated rings. The second-order valence-electron chi connectivity index (χ2n) is 8.12. The Balaban J connectivity index is 1.68. The molecule has 5 nitrogen and oxygen atoms in total. The molecular formula is C24H34N4O. The largest absolute Gasteiger partial charge is 0.353 e. The Morgan fingerprint density at radius 3 is 2.48 bits per heavy atom. The third-order valence-electron chi connectivity index (χ3n) is 5.78. The minimum atomic E-state index is 0.177. The van der Waals surface area contributed by atoms with Gasteiger partial charge >= 0.3 is 0 Å². The minimum absolute atomic E-state index is 0.177. The fraction of sp³-hybridized carbons (Fsp3) is 0.542. The van der Waals surface area contributed by atoms with Crippen molar-refractivity contribution in [2.75, 3.05) is 31.1 Å². The van der Waals surface area contributed by atoms with E-state index in [0.29, 0.717) is 5.91 Å². The highest BCUT2D eigenvalue weighted by Gasteiger charge is 2.26. The van der Waals surface area contributed by atoms with Gasteiger partial charge in [0.05, 0.1) is 0 Å². The van der Waals surface area contributed by atoms with Crippen molar-refractivity contribution in [1.82, 2.24) is 14.9 Å². The maximum absolute atomic E-state index is 12.9. The van der Waals surface area contributed by atoms with Gasteiger partial charge in [0.2, 0.25) is 5.91 Å². The van der Waals surface area contributed by atoms with E-state index in [1.54, 1.807) is 0 Å². The topological polar surface area (TPSA) is 49.3 Å². The molecule has 0 saturated carbocycles. The number of hydrogen-bond donors (Lipinski definition) is 0. The van der Waals surface area contributed by atoms with Crippen LogP contribution in [0.1, 0.15) is 50.8 Å². The lowest BCUT2D eigenvalue weighted by atomic mass is 9.97. The van der Waals surface area contributed by atoms with Crippen LogP contribution in [0.3, 0.4) is 0 Å². The molecule has 1 atom stereocenters. The van der Waals surface area contributed by atoms with Crippen LogP contribution in [0.25, 0.3) is 11.4 Å². The molecule has 0 N–H and O–H groups in total. The number of carbonyl (C=O) groups is 1. The van der Waals surface area contributed by atoms with Gasteiger partial charge in [-0.1, -0.05) is 50.5 Å². The lowest BCUT2D eigenvalue weighted by Gasteiger charge is -2.37. The number of aromatic nitrogens is 2. The molecule has 0 bridgehead atoms. The summed E-state index contributed by atoms with van der Waals surface area (Å²) >= 11 is 0. The molecule has 0 unspecified atom stereocenters. The fourth-order valence-electron chi connectivity index (χ4n) is 3.99. The summed E-state index contributed by atoms with van der Waals surface area (Å²) in [4.78, 5) is 26.7. The normalized spacial score (nSPS) is 15.4. The number of amides is 1. The van der Waals surface area contributed by atoms with Crippen molar-refractivity contribution in [1.29, 1.82) is 0 Å². The van der Waals surface area contributed by atoms with Gasteiger partial charge in [0.25, 0.3) is 0 Å². The quantitative estimate of drug-likeness (QED) is 0.687. The van der Waals surface area contributed by atoms with Gasteiger partial charge < -0.3 is 9.80 Å². The van der Waals surface area contributed by atoms with Crippen molar-refractivity contribution in [2.45, 2.75) is 53.4 Å². The Morgan fingerprint density at radius 1 is 1.07 bits per heavy atom. The van der Waals surface area contributed by atoms with Crippen LogP contribution in [0.5, 0.6) is 0 Å². The molecule has 1 saturated heterocycles. The van der Waals surface area contributed by atoms with Gasteiger partial charge in [-0.25, -0.2) is 9.97 Å². The number of carbonyl (C=O) groups excluding carboxylic acids is 1. The van der Waals surface area contributed by atoms with Gasteiger partial charge in [0, 0.05) is 49.4 Å². The van der Waals surface area contributed by atoms with E-state index in [1.807, 2.05) is 19.1 Å². The summed E-state index contributed by atoms with van der Waals surface area (Å²) in [7, 11) is 0. The average Bonchev–Trinajstić information content (AvgIpc) is 2.74. The predicted octanol–water partition coefficient (Wildman–Crippen LogP) is 4.63. The molecule has 156 valence electrons. The van der Waals surface area contributed by atoms with E-state index in [-0.39, 0.29) is 5.92 Å². The Morgan fingerprint density at radius 2 is 1.83 bits per heavy atom. The van der Waals surface area contributed by atoms with E-state index < -0.39 is 0 Å². The molecule has 2 aromatic rings. The third-order valence-corrected chi connectivity index (χ3v) is 5.78. The minimum Gasteiger partial charge on any atom is -0.353 e. The molecule has 1 aromatic heterocycles. The van der Waals surface area contributed by atoms with Crippen LogP contribution in [0, 0.1) is 19.8 Å². The zero-order valence-corrected chi connectivity index (χ0v) is 18.3. The molecule has 0 spiro atoms. The average molecular weight is 395 g/mol. The standard InChI is InChI=1S/C24H34N4O/c1-5-7-10-20(6-2)24(29)28-14-12-27(13-15-28)22-17-19(4)25-23(26-22)21-11-8-9-18(3)16-21/h8-9,11,16-17,20H,5-7,10,12-15H2,1-4H3/t20-/m0/s1. The maximum Gasteiger partial charge on any atom is 0.225 e. The van der Waals surface area contributed by atoms with E-state index in [2.05, 4.69) is 53.8 Å². The highest BCUT2D eigenvalue weighted by Crippen LogP contribution is 2.23. The molecule has 1 aliphatic rings. The molecular weight excluding hydrogens is 360 g/mol. The van der Waals surface area contributed by atoms with E-state index in [1.165, 1.54) is 5.56 Å². The number of hydrogen-bond acceptors (Lipinski definition) is 4. The molecule has 1 aromatic carbocycles. The first-order chi connectivity index (χ1) is 14.0. The summed E-state index contributed by atoms with van der Waals surface area (Å²) in [5.74, 6) is 2.24. The van der Waals surface area contributed by atoms with Crippen molar-refractivity contribution in [3.8, 4) is 11.4 Å². The van der Waals surface area contributed by atoms with Crippen LogP contribution in [0.15, 0.2) is 30.3 Å². The van der Waals surface area contributed by atoms with Gasteiger partial charge in [0.1, 0.15) is 5.82 Å². The van der Waals surface area contributed by atoms with Crippen LogP contribution < -0.4 is 4.90 Å². The maximum atomic E-state index is 12.9. The van der Waals surface area contributed by atoms with E-state index in [9.17, 15) is 4.79 Å². The first-order valence-electron chi connectivity index (χ1n) is 11.0. The Hall–Kier alpha value is -2.43. The predicted molar refractivity (Wildman–Crippen MR) is 119 cm³/mol. The second kappa shape index (κ2) is 9.86. The molecule has 1 amide bonds. The molecule has 0 radical (unpaired) electrons. The van der Waals surface area contributed by atoms with Crippen LogP contribution in [-0.2, 0) is 4.79 Å². The summed E-state index contributed by atoms with van der Waals surface area (Å²) in [6.07, 6.45) is 4.22. The van der Waals surface area contributed by atoms with E-state index >= 15 is 0 Å². The van der Waals surface area contributed by atoms with Crippen molar-refractivity contribution in [3.05, 3.63) is 41.6 Å². The lowest BCUT2D eigenvalue weighted by Crippen LogP contribution is -2.50. The van der Waals surface area contributed by atoms with Gasteiger partial charge in [-0.2, -0.15) is 0 Å². The van der Waals surface area contributed by atoms with Crippen LogP contribution in [-0.4, -0.2) is 47.0 Å². The molecule has 5 heteroatoms. The van der Waals surface area contributed by atoms with Gasteiger partial charge in [-0.15, -0.1) is 0 Å². The number of rotatable bonds is 7. The number of nitrogens with zero attached hydrogens (tertiary/aromatic N) is 4. The van der Waals surface area contributed by atoms with Crippen molar-refractivity contribution in [3.63, 3.8) is 0 Å². The number of unbranched alkanes of at least 4 members (excludes halogenated alkanes) is 1. The van der Waals surface area contributed by atoms with E-state index in [0.717, 1.165) is 74.8 Å². The first-order valence-corrected chi connectivity index (χ1v) is 11.0. The summed E-state index contributed by atoms with van der Waals surface area (Å²) < 4.78 is 0. The first kappa shape index (κ1) is 21.3. The van der Waals surface area contributed by atoms with Crippen molar-refractivity contribution < 1.29 is 4.79 Å². The highest BCUT2D eigenvalue weighted by molar-refractivity contribution is 5.79. The summed E-state index contributed by atoms with van der Waals surface area (Å²) in [5, 5.41) is 0. The summed E-state index contributed by atoms with van der Waals surface area (Å²) in [5.41, 5.74) is 3.22. The van der Waals surface area contributed by atoms with Gasteiger partial charge in [-0.3, -0.25) is 4.79 Å². The van der Waals surface area contributed by atoms with E-state index in [4.69, 9.17) is 4.98 Å². The second-order valence-corrected chi connectivity index (χ2v) is 8.12. The monoisotopic (exact) mass is 394 g/mol. The molecule has 1 aliphatic heterocycles. The number of benzene rings is 1. The van der Waals surface area contributed by atoms with Gasteiger partial charge in [-0.05, 0) is 32.8 Å². The highest BCUT2D eigenvalue weighted by atomic mass is 16.2. The Labute approximate surface area is 175 Å². The summed E-state index contributed by atoms with van der Waals surface area (Å²) in [6, 6.07) is 10.4. The zero-order valence-electron chi connectivity index (χ0n) is 18.3. The van der Waals surface area contributed by atoms with Crippen LogP contribution in [0.2, 0.25) is 0 Å². The molecule has 0 aliphatic carbocycles. The SMILES string of the molecule is CCCC[C@H](CC)C(=O)N1CCN(c2cc(C)nc(-c3cccc(C)c3)n2)CC1. The van der Waals surface area contributed by atoms with Crippen LogP contribution >= 0.6 is 0 Å². The molecule has 3 rings (SSSR count). The van der Waals surface area contributed by atoms with Crippen molar-refractivity contribution in [2.24, 2.45) is 5.92 Å². The van der Waals surface area contributed by atoms with Crippen LogP contribution in [0.4, 0.5) is 5.82 Å². The molecule has 29 heavy (non-hydrogen) atoms. The summed E-state index contributed by atoms with van der Waals surface area (Å²) in [6.45, 7) is 11.6. The molecule has 2 heterocycles. The number of piperazine rings is 1. The van der Waals surface area contributed by atoms with Crippen molar-refractivity contribution >= 4 is 11.7 Å². The number of aryl methyl sites for hydroxylation is 2. The fourth-order valence-corrected chi connectivity index (χ4v) is 3.99. The lowest BCUT2D eigenvalue weighted by molar-refractivity contribution is -0.136. The number of anilines is 1. The third kappa shape index (κ3) is 5.34.